The van der Waals surface area contributed by atoms with Crippen LogP contribution in [0.3, 0.4) is 0 Å². The van der Waals surface area contributed by atoms with Crippen LogP contribution in [0, 0.1) is 0 Å². The van der Waals surface area contributed by atoms with Crippen LogP contribution >= 0.6 is 0 Å². The van der Waals surface area contributed by atoms with Crippen molar-refractivity contribution >= 4 is 16.6 Å². The fourth-order valence-corrected chi connectivity index (χ4v) is 3.44. The Morgan fingerprint density at radius 1 is 1.26 bits per heavy atom. The minimum atomic E-state index is -0.129. The number of fused-ring (bicyclic) bond motifs is 1. The van der Waals surface area contributed by atoms with Crippen molar-refractivity contribution in [1.29, 1.82) is 0 Å². The number of aromatic nitrogens is 4. The predicted molar refractivity (Wildman–Crippen MR) is 101 cm³/mol. The second-order valence-electron chi connectivity index (χ2n) is 7.03. The molecule has 3 heterocycles. The second-order valence-corrected chi connectivity index (χ2v) is 7.03. The molecule has 3 aromatic rings. The highest BCUT2D eigenvalue weighted by atomic mass is 16.5. The van der Waals surface area contributed by atoms with Crippen LogP contribution in [0.15, 0.2) is 29.2 Å². The third-order valence-corrected chi connectivity index (χ3v) is 5.06. The van der Waals surface area contributed by atoms with Gasteiger partial charge in [-0.15, -0.1) is 0 Å². The number of ether oxygens (including phenoxy) is 2. The fourth-order valence-electron chi connectivity index (χ4n) is 3.44. The molecule has 1 N–H and O–H groups in total. The number of rotatable bonds is 4. The molecule has 140 valence electrons. The van der Waals surface area contributed by atoms with E-state index in [0.29, 0.717) is 38.1 Å². The summed E-state index contributed by atoms with van der Waals surface area (Å²) in [6, 6.07) is 5.91. The van der Waals surface area contributed by atoms with Crippen LogP contribution in [0.2, 0.25) is 0 Å². The van der Waals surface area contributed by atoms with E-state index in [1.54, 1.807) is 13.2 Å². The maximum atomic E-state index is 12.9. The van der Waals surface area contributed by atoms with Crippen molar-refractivity contribution < 1.29 is 9.47 Å². The van der Waals surface area contributed by atoms with Crippen molar-refractivity contribution in [3.63, 3.8) is 0 Å². The highest BCUT2D eigenvalue weighted by Crippen LogP contribution is 2.35. The summed E-state index contributed by atoms with van der Waals surface area (Å²) in [6.45, 7) is 2.55. The Bertz CT molecular complexity index is 1050. The molecule has 0 amide bonds. The zero-order valence-corrected chi connectivity index (χ0v) is 15.1. The van der Waals surface area contributed by atoms with Crippen molar-refractivity contribution in [2.45, 2.75) is 18.9 Å². The van der Waals surface area contributed by atoms with Crippen molar-refractivity contribution in [3.8, 4) is 17.0 Å². The predicted octanol–water partition coefficient (Wildman–Crippen LogP) is 1.70. The first-order valence-corrected chi connectivity index (χ1v) is 9.25. The quantitative estimate of drug-likeness (QED) is 0.756. The SMILES string of the molecule is Cn1ncc(-c2n[nH]c3ccc(OC4CC4)cc23)c(N2CCOCC2)c1=O. The van der Waals surface area contributed by atoms with Gasteiger partial charge in [0.15, 0.2) is 0 Å². The van der Waals surface area contributed by atoms with E-state index in [0.717, 1.165) is 40.8 Å². The van der Waals surface area contributed by atoms with Gasteiger partial charge in [0.25, 0.3) is 5.56 Å². The van der Waals surface area contributed by atoms with Crippen LogP contribution in [-0.4, -0.2) is 52.4 Å². The van der Waals surface area contributed by atoms with Gasteiger partial charge >= 0.3 is 0 Å². The molecule has 1 saturated heterocycles. The van der Waals surface area contributed by atoms with Crippen LogP contribution < -0.4 is 15.2 Å². The number of hydrogen-bond acceptors (Lipinski definition) is 6. The molecule has 1 aliphatic heterocycles. The maximum Gasteiger partial charge on any atom is 0.290 e. The smallest absolute Gasteiger partial charge is 0.290 e. The average molecular weight is 367 g/mol. The minimum Gasteiger partial charge on any atom is -0.490 e. The summed E-state index contributed by atoms with van der Waals surface area (Å²) in [5, 5.41) is 12.7. The largest absolute Gasteiger partial charge is 0.490 e. The summed E-state index contributed by atoms with van der Waals surface area (Å²) in [4.78, 5) is 15.0. The number of nitrogens with zero attached hydrogens (tertiary/aromatic N) is 4. The number of benzene rings is 1. The third-order valence-electron chi connectivity index (χ3n) is 5.06. The summed E-state index contributed by atoms with van der Waals surface area (Å²) in [5.41, 5.74) is 2.85. The van der Waals surface area contributed by atoms with Gasteiger partial charge in [0.2, 0.25) is 0 Å². The first-order valence-electron chi connectivity index (χ1n) is 9.25. The highest BCUT2D eigenvalue weighted by molar-refractivity contribution is 5.96. The number of nitrogens with one attached hydrogen (secondary N) is 1. The van der Waals surface area contributed by atoms with Gasteiger partial charge in [0.05, 0.1) is 36.6 Å². The molecule has 27 heavy (non-hydrogen) atoms. The Morgan fingerprint density at radius 2 is 2.07 bits per heavy atom. The van der Waals surface area contributed by atoms with Crippen LogP contribution in [-0.2, 0) is 11.8 Å². The molecular formula is C19H21N5O3. The zero-order chi connectivity index (χ0) is 18.4. The van der Waals surface area contributed by atoms with E-state index >= 15 is 0 Å². The van der Waals surface area contributed by atoms with Crippen LogP contribution in [0.25, 0.3) is 22.2 Å². The molecule has 1 saturated carbocycles. The summed E-state index contributed by atoms with van der Waals surface area (Å²) in [6.07, 6.45) is 4.26. The summed E-state index contributed by atoms with van der Waals surface area (Å²) in [7, 11) is 1.67. The Morgan fingerprint density at radius 3 is 2.85 bits per heavy atom. The molecule has 2 aliphatic rings. The van der Waals surface area contributed by atoms with Crippen LogP contribution in [0.5, 0.6) is 5.75 Å². The van der Waals surface area contributed by atoms with Crippen LogP contribution in [0.4, 0.5) is 5.69 Å². The van der Waals surface area contributed by atoms with Gasteiger partial charge in [-0.3, -0.25) is 9.89 Å². The van der Waals surface area contributed by atoms with Crippen molar-refractivity contribution in [1.82, 2.24) is 20.0 Å². The van der Waals surface area contributed by atoms with E-state index in [9.17, 15) is 4.79 Å². The number of aryl methyl sites for hydroxylation is 1. The van der Waals surface area contributed by atoms with Crippen molar-refractivity contribution in [3.05, 3.63) is 34.7 Å². The molecule has 0 atom stereocenters. The van der Waals surface area contributed by atoms with E-state index in [1.165, 1.54) is 4.68 Å². The number of anilines is 1. The van der Waals surface area contributed by atoms with E-state index in [1.807, 2.05) is 18.2 Å². The highest BCUT2D eigenvalue weighted by Gasteiger charge is 2.25. The van der Waals surface area contributed by atoms with Crippen molar-refractivity contribution in [2.24, 2.45) is 7.05 Å². The first-order chi connectivity index (χ1) is 13.2. The van der Waals surface area contributed by atoms with Gasteiger partial charge in [-0.1, -0.05) is 0 Å². The van der Waals surface area contributed by atoms with Gasteiger partial charge in [-0.25, -0.2) is 4.68 Å². The molecule has 0 bridgehead atoms. The lowest BCUT2D eigenvalue weighted by molar-refractivity contribution is 0.122. The Kier molecular flexibility index (Phi) is 3.86. The van der Waals surface area contributed by atoms with Gasteiger partial charge in [0.1, 0.15) is 17.1 Å². The summed E-state index contributed by atoms with van der Waals surface area (Å²) < 4.78 is 12.7. The maximum absolute atomic E-state index is 12.9. The minimum absolute atomic E-state index is 0.129. The van der Waals surface area contributed by atoms with Crippen molar-refractivity contribution in [2.75, 3.05) is 31.2 Å². The number of hydrogen-bond donors (Lipinski definition) is 1. The van der Waals surface area contributed by atoms with Gasteiger partial charge in [-0.05, 0) is 31.0 Å². The second kappa shape index (κ2) is 6.38. The number of morpholine rings is 1. The topological polar surface area (TPSA) is 85.3 Å². The Hall–Kier alpha value is -2.87. The number of aromatic amines is 1. The monoisotopic (exact) mass is 367 g/mol. The molecule has 5 rings (SSSR count). The standard InChI is InChI=1S/C19H21N5O3/c1-23-19(25)18(24-6-8-26-9-7-24)15(11-20-23)17-14-10-13(27-12-2-3-12)4-5-16(14)21-22-17/h4-5,10-12H,2-3,6-9H2,1H3,(H,21,22). The van der Waals surface area contributed by atoms with E-state index in [2.05, 4.69) is 20.2 Å². The lowest BCUT2D eigenvalue weighted by atomic mass is 10.1. The van der Waals surface area contributed by atoms with E-state index in [-0.39, 0.29) is 5.56 Å². The summed E-state index contributed by atoms with van der Waals surface area (Å²) in [5.74, 6) is 0.831. The van der Waals surface area contributed by atoms with E-state index < -0.39 is 0 Å². The average Bonchev–Trinajstić information content (AvgIpc) is 3.41. The molecule has 2 aromatic heterocycles. The lowest BCUT2D eigenvalue weighted by Gasteiger charge is -2.29. The normalized spacial score (nSPS) is 17.4. The Balaban J connectivity index is 1.65. The first kappa shape index (κ1) is 16.3. The Labute approximate surface area is 155 Å². The third kappa shape index (κ3) is 2.95. The molecule has 1 aliphatic carbocycles. The fraction of sp³-hybridized carbons (Fsp3) is 0.421. The molecule has 8 heteroatoms. The van der Waals surface area contributed by atoms with Gasteiger partial charge in [0, 0.05) is 25.5 Å². The molecule has 0 spiro atoms. The molecule has 2 fully saturated rings. The molecule has 1 aromatic carbocycles. The van der Waals surface area contributed by atoms with Crippen LogP contribution in [0.1, 0.15) is 12.8 Å². The van der Waals surface area contributed by atoms with E-state index in [4.69, 9.17) is 9.47 Å². The molecule has 0 unspecified atom stereocenters. The molecule has 8 nitrogen and oxygen atoms in total. The zero-order valence-electron chi connectivity index (χ0n) is 15.1. The number of H-pyrrole nitrogens is 1. The lowest BCUT2D eigenvalue weighted by Crippen LogP contribution is -2.41. The summed E-state index contributed by atoms with van der Waals surface area (Å²) >= 11 is 0. The molecular weight excluding hydrogens is 346 g/mol. The molecule has 0 radical (unpaired) electrons. The van der Waals surface area contributed by atoms with Gasteiger partial charge in [-0.2, -0.15) is 10.2 Å². The van der Waals surface area contributed by atoms with Gasteiger partial charge < -0.3 is 14.4 Å².